The molecule has 6 nitrogen and oxygen atoms in total. The van der Waals surface area contributed by atoms with Crippen molar-refractivity contribution in [3.63, 3.8) is 0 Å². The van der Waals surface area contributed by atoms with Gasteiger partial charge >= 0.3 is 5.97 Å². The lowest BCUT2D eigenvalue weighted by Crippen LogP contribution is -2.15. The largest absolute Gasteiger partial charge is 0.451 e. The highest BCUT2D eigenvalue weighted by molar-refractivity contribution is 6.30. The van der Waals surface area contributed by atoms with Crippen LogP contribution in [0.1, 0.15) is 32.1 Å². The van der Waals surface area contributed by atoms with Crippen LogP contribution in [0.25, 0.3) is 28.2 Å². The van der Waals surface area contributed by atoms with Gasteiger partial charge in [0.25, 0.3) is 5.82 Å². The van der Waals surface area contributed by atoms with Crippen molar-refractivity contribution in [1.82, 2.24) is 14.8 Å². The highest BCUT2D eigenvalue weighted by Gasteiger charge is 2.22. The second-order valence-corrected chi connectivity index (χ2v) is 9.28. The molecule has 0 saturated heterocycles. The number of Topliss-reactive ketones (excluding diaryl/α,β-unsaturated/α-hetero) is 1. The van der Waals surface area contributed by atoms with Crippen molar-refractivity contribution in [2.45, 2.75) is 13.8 Å². The van der Waals surface area contributed by atoms with Gasteiger partial charge in [-0.3, -0.25) is 4.79 Å². The summed E-state index contributed by atoms with van der Waals surface area (Å²) in [6.45, 7) is 3.57. The van der Waals surface area contributed by atoms with Crippen molar-refractivity contribution in [3.8, 4) is 28.2 Å². The zero-order valence-electron chi connectivity index (χ0n) is 20.9. The molecular formula is C31H24ClN3O3. The summed E-state index contributed by atoms with van der Waals surface area (Å²) in [5, 5.41) is 5.05. The van der Waals surface area contributed by atoms with Crippen LogP contribution in [0, 0.1) is 13.8 Å². The summed E-state index contributed by atoms with van der Waals surface area (Å²) in [5.41, 5.74) is 6.10. The Bertz CT molecular complexity index is 1610. The van der Waals surface area contributed by atoms with Crippen molar-refractivity contribution < 1.29 is 14.3 Å². The molecule has 0 bridgehead atoms. The smallest absolute Gasteiger partial charge is 0.378 e. The van der Waals surface area contributed by atoms with E-state index in [1.54, 1.807) is 28.9 Å². The first-order valence-corrected chi connectivity index (χ1v) is 12.4. The van der Waals surface area contributed by atoms with Crippen LogP contribution in [0.2, 0.25) is 5.02 Å². The predicted molar refractivity (Wildman–Crippen MR) is 148 cm³/mol. The Labute approximate surface area is 225 Å². The molecular weight excluding hydrogens is 498 g/mol. The Hall–Kier alpha value is -4.55. The Morgan fingerprint density at radius 2 is 1.45 bits per heavy atom. The van der Waals surface area contributed by atoms with E-state index in [1.165, 1.54) is 0 Å². The first kappa shape index (κ1) is 25.1. The molecule has 0 radical (unpaired) electrons. The first-order valence-electron chi connectivity index (χ1n) is 12.1. The number of halogens is 1. The molecule has 1 heterocycles. The second kappa shape index (κ2) is 10.8. The summed E-state index contributed by atoms with van der Waals surface area (Å²) < 4.78 is 6.94. The third kappa shape index (κ3) is 5.26. The van der Waals surface area contributed by atoms with Crippen LogP contribution in [-0.2, 0) is 4.74 Å². The van der Waals surface area contributed by atoms with E-state index in [4.69, 9.17) is 16.3 Å². The maximum absolute atomic E-state index is 12.9. The number of aromatic nitrogens is 3. The molecule has 0 unspecified atom stereocenters. The van der Waals surface area contributed by atoms with E-state index in [2.05, 4.69) is 10.1 Å². The minimum absolute atomic E-state index is 0.136. The van der Waals surface area contributed by atoms with Gasteiger partial charge in [0.15, 0.2) is 18.2 Å². The van der Waals surface area contributed by atoms with E-state index in [-0.39, 0.29) is 11.6 Å². The van der Waals surface area contributed by atoms with Crippen LogP contribution < -0.4 is 0 Å². The number of benzene rings is 4. The van der Waals surface area contributed by atoms with Gasteiger partial charge in [0.2, 0.25) is 0 Å². The number of rotatable bonds is 7. The molecule has 5 rings (SSSR count). The van der Waals surface area contributed by atoms with Gasteiger partial charge in [-0.2, -0.15) is 0 Å². The number of ketones is 1. The number of carbonyl (C=O) groups is 2. The van der Waals surface area contributed by atoms with E-state index in [0.717, 1.165) is 33.5 Å². The van der Waals surface area contributed by atoms with Crippen LogP contribution in [0.15, 0.2) is 97.1 Å². The highest BCUT2D eigenvalue weighted by atomic mass is 35.5. The third-order valence-electron chi connectivity index (χ3n) is 6.34. The fourth-order valence-corrected chi connectivity index (χ4v) is 4.20. The molecule has 0 aliphatic carbocycles. The van der Waals surface area contributed by atoms with Crippen LogP contribution in [-0.4, -0.2) is 33.1 Å². The predicted octanol–water partition coefficient (Wildman–Crippen LogP) is 6.91. The molecule has 0 aliphatic heterocycles. The van der Waals surface area contributed by atoms with Crippen molar-refractivity contribution >= 4 is 23.4 Å². The molecule has 0 aliphatic rings. The average Bonchev–Trinajstić information content (AvgIpc) is 3.39. The lowest BCUT2D eigenvalue weighted by molar-refractivity contribution is 0.0462. The van der Waals surface area contributed by atoms with Gasteiger partial charge in [0.05, 0.1) is 5.69 Å². The second-order valence-electron chi connectivity index (χ2n) is 8.84. The third-order valence-corrected chi connectivity index (χ3v) is 6.60. The number of carbonyl (C=O) groups excluding carboxylic acids is 2. The zero-order chi connectivity index (χ0) is 26.6. The van der Waals surface area contributed by atoms with E-state index >= 15 is 0 Å². The molecule has 0 spiro atoms. The molecule has 0 amide bonds. The molecule has 0 fully saturated rings. The van der Waals surface area contributed by atoms with Crippen molar-refractivity contribution in [2.24, 2.45) is 0 Å². The summed E-state index contributed by atoms with van der Waals surface area (Å²) in [6, 6.07) is 30.0. The zero-order valence-corrected chi connectivity index (χ0v) is 21.6. The molecule has 0 N–H and O–H groups in total. The number of aryl methyl sites for hydroxylation is 1. The first-order chi connectivity index (χ1) is 18.4. The van der Waals surface area contributed by atoms with Crippen LogP contribution in [0.3, 0.4) is 0 Å². The van der Waals surface area contributed by atoms with Gasteiger partial charge in [-0.1, -0.05) is 78.3 Å². The number of ether oxygens (including phenoxy) is 1. The Kier molecular flexibility index (Phi) is 7.15. The van der Waals surface area contributed by atoms with Gasteiger partial charge in [-0.05, 0) is 66.4 Å². The lowest BCUT2D eigenvalue weighted by Gasteiger charge is -2.11. The Morgan fingerprint density at radius 3 is 2.16 bits per heavy atom. The van der Waals surface area contributed by atoms with Crippen LogP contribution in [0.5, 0.6) is 0 Å². The number of hydrogen-bond donors (Lipinski definition) is 0. The maximum Gasteiger partial charge on any atom is 0.378 e. The number of hydrogen-bond acceptors (Lipinski definition) is 5. The summed E-state index contributed by atoms with van der Waals surface area (Å²) in [4.78, 5) is 30.1. The van der Waals surface area contributed by atoms with Gasteiger partial charge < -0.3 is 4.74 Å². The fourth-order valence-electron chi connectivity index (χ4n) is 4.08. The van der Waals surface area contributed by atoms with Gasteiger partial charge in [-0.15, -0.1) is 5.10 Å². The normalized spacial score (nSPS) is 10.8. The fraction of sp³-hybridized carbons (Fsp3) is 0.0968. The number of nitrogens with zero attached hydrogens (tertiary/aromatic N) is 3. The van der Waals surface area contributed by atoms with Gasteiger partial charge in [0.1, 0.15) is 0 Å². The maximum atomic E-state index is 12.9. The lowest BCUT2D eigenvalue weighted by atomic mass is 10.0. The standard InChI is InChI=1S/C31H24ClN3O3/c1-20-7-6-10-27(21(20)2)35-30(25-15-17-26(32)18-16-25)33-29(34-35)31(37)38-19-28(36)24-13-11-23(12-14-24)22-8-4-3-5-9-22/h3-18H,19H2,1-2H3. The van der Waals surface area contributed by atoms with Crippen LogP contribution in [0.4, 0.5) is 0 Å². The molecule has 38 heavy (non-hydrogen) atoms. The summed E-state index contributed by atoms with van der Waals surface area (Å²) in [6.07, 6.45) is 0. The molecule has 0 saturated carbocycles. The summed E-state index contributed by atoms with van der Waals surface area (Å²) >= 11 is 6.07. The van der Waals surface area contributed by atoms with E-state index < -0.39 is 12.6 Å². The molecule has 188 valence electrons. The topological polar surface area (TPSA) is 74.1 Å². The molecule has 0 atom stereocenters. The Balaban J connectivity index is 1.37. The summed E-state index contributed by atoms with van der Waals surface area (Å²) in [7, 11) is 0. The van der Waals surface area contributed by atoms with E-state index in [9.17, 15) is 9.59 Å². The quantitative estimate of drug-likeness (QED) is 0.172. The van der Waals surface area contributed by atoms with Crippen molar-refractivity contribution in [1.29, 1.82) is 0 Å². The molecule has 4 aromatic carbocycles. The average molecular weight is 522 g/mol. The number of esters is 1. The Morgan fingerprint density at radius 1 is 0.789 bits per heavy atom. The highest BCUT2D eigenvalue weighted by Crippen LogP contribution is 2.26. The van der Waals surface area contributed by atoms with E-state index in [1.807, 2.05) is 86.6 Å². The minimum Gasteiger partial charge on any atom is -0.451 e. The molecule has 1 aromatic heterocycles. The van der Waals surface area contributed by atoms with Gasteiger partial charge in [-0.25, -0.2) is 14.5 Å². The van der Waals surface area contributed by atoms with E-state index in [0.29, 0.717) is 16.4 Å². The van der Waals surface area contributed by atoms with Crippen molar-refractivity contribution in [3.05, 3.63) is 125 Å². The SMILES string of the molecule is Cc1cccc(-n2nc(C(=O)OCC(=O)c3ccc(-c4ccccc4)cc3)nc2-c2ccc(Cl)cc2)c1C. The molecule has 7 heteroatoms. The van der Waals surface area contributed by atoms with Crippen molar-refractivity contribution in [2.75, 3.05) is 6.61 Å². The summed E-state index contributed by atoms with van der Waals surface area (Å²) in [5.74, 6) is -0.767. The van der Waals surface area contributed by atoms with Crippen LogP contribution >= 0.6 is 11.6 Å². The monoisotopic (exact) mass is 521 g/mol. The van der Waals surface area contributed by atoms with Gasteiger partial charge in [0, 0.05) is 16.1 Å². The minimum atomic E-state index is -0.779. The molecule has 5 aromatic rings.